The average molecular weight is 234 g/mol. The predicted molar refractivity (Wildman–Crippen MR) is 68.9 cm³/mol. The molecular formula is C15H22O2. The second-order valence-corrected chi connectivity index (χ2v) is 6.28. The monoisotopic (exact) mass is 234 g/mol. The molecule has 1 aromatic carbocycles. The number of aryl methyl sites for hydroxylation is 1. The highest BCUT2D eigenvalue weighted by Gasteiger charge is 2.57. The fourth-order valence-corrected chi connectivity index (χ4v) is 2.92. The molecule has 17 heavy (non-hydrogen) atoms. The highest BCUT2D eigenvalue weighted by molar-refractivity contribution is 5.31. The van der Waals surface area contributed by atoms with Gasteiger partial charge in [0, 0.05) is 6.42 Å². The molecule has 0 aromatic heterocycles. The van der Waals surface area contributed by atoms with Crippen LogP contribution >= 0.6 is 0 Å². The van der Waals surface area contributed by atoms with E-state index in [1.807, 2.05) is 58.9 Å². The highest BCUT2D eigenvalue weighted by Crippen LogP contribution is 2.50. The summed E-state index contributed by atoms with van der Waals surface area (Å²) in [6.45, 7) is 10.0. The zero-order valence-electron chi connectivity index (χ0n) is 11.4. The number of hydrogen-bond acceptors (Lipinski definition) is 2. The topological polar surface area (TPSA) is 29.5 Å². The Morgan fingerprint density at radius 1 is 1.06 bits per heavy atom. The van der Waals surface area contributed by atoms with Crippen molar-refractivity contribution in [3.63, 3.8) is 0 Å². The molecule has 0 spiro atoms. The van der Waals surface area contributed by atoms with Gasteiger partial charge in [0.05, 0.1) is 11.2 Å². The average Bonchev–Trinajstić information content (AvgIpc) is 2.32. The summed E-state index contributed by atoms with van der Waals surface area (Å²) in [6, 6.07) is 8.08. The lowest BCUT2D eigenvalue weighted by molar-refractivity contribution is -0.129. The fourth-order valence-electron chi connectivity index (χ4n) is 2.92. The number of aliphatic hydroxyl groups is 1. The number of benzene rings is 1. The SMILES string of the molecule is Cc1ccc(C2(O)CC(C)(C)OC2(C)C)cc1. The Hall–Kier alpha value is -0.860. The van der Waals surface area contributed by atoms with Crippen LogP contribution in [0.25, 0.3) is 0 Å². The molecule has 1 unspecified atom stereocenters. The minimum absolute atomic E-state index is 0.289. The molecule has 0 amide bonds. The van der Waals surface area contributed by atoms with Crippen molar-refractivity contribution in [1.82, 2.24) is 0 Å². The maximum Gasteiger partial charge on any atom is 0.121 e. The van der Waals surface area contributed by atoms with Crippen LogP contribution in [0.2, 0.25) is 0 Å². The Bertz CT molecular complexity index is 417. The molecule has 1 fully saturated rings. The lowest BCUT2D eigenvalue weighted by atomic mass is 9.77. The van der Waals surface area contributed by atoms with Crippen LogP contribution < -0.4 is 0 Å². The molecule has 2 heteroatoms. The van der Waals surface area contributed by atoms with Gasteiger partial charge < -0.3 is 9.84 Å². The summed E-state index contributed by atoms with van der Waals surface area (Å²) < 4.78 is 5.99. The van der Waals surface area contributed by atoms with Gasteiger partial charge >= 0.3 is 0 Å². The number of ether oxygens (including phenoxy) is 1. The van der Waals surface area contributed by atoms with E-state index in [4.69, 9.17) is 4.74 Å². The summed E-state index contributed by atoms with van der Waals surface area (Å²) in [4.78, 5) is 0. The van der Waals surface area contributed by atoms with Crippen molar-refractivity contribution in [3.8, 4) is 0 Å². The van der Waals surface area contributed by atoms with Crippen LogP contribution in [0.5, 0.6) is 0 Å². The van der Waals surface area contributed by atoms with E-state index < -0.39 is 11.2 Å². The Labute approximate surface area is 104 Å². The molecule has 0 saturated carbocycles. The van der Waals surface area contributed by atoms with Crippen LogP contribution in [0.3, 0.4) is 0 Å². The largest absolute Gasteiger partial charge is 0.382 e. The van der Waals surface area contributed by atoms with Gasteiger partial charge in [-0.25, -0.2) is 0 Å². The molecule has 1 atom stereocenters. The van der Waals surface area contributed by atoms with Crippen molar-refractivity contribution in [1.29, 1.82) is 0 Å². The van der Waals surface area contributed by atoms with Crippen molar-refractivity contribution < 1.29 is 9.84 Å². The third-order valence-electron chi connectivity index (χ3n) is 3.74. The van der Waals surface area contributed by atoms with Gasteiger partial charge in [-0.05, 0) is 40.2 Å². The number of rotatable bonds is 1. The van der Waals surface area contributed by atoms with Crippen molar-refractivity contribution in [2.75, 3.05) is 0 Å². The summed E-state index contributed by atoms with van der Waals surface area (Å²) >= 11 is 0. The number of hydrogen-bond donors (Lipinski definition) is 1. The van der Waals surface area contributed by atoms with E-state index >= 15 is 0 Å². The second kappa shape index (κ2) is 3.56. The van der Waals surface area contributed by atoms with Gasteiger partial charge in [-0.15, -0.1) is 0 Å². The van der Waals surface area contributed by atoms with Crippen LogP contribution in [0.15, 0.2) is 24.3 Å². The van der Waals surface area contributed by atoms with Crippen LogP contribution in [0, 0.1) is 6.92 Å². The lowest BCUT2D eigenvalue weighted by Gasteiger charge is -2.35. The van der Waals surface area contributed by atoms with Crippen molar-refractivity contribution in [3.05, 3.63) is 35.4 Å². The van der Waals surface area contributed by atoms with Crippen LogP contribution in [-0.2, 0) is 10.3 Å². The minimum Gasteiger partial charge on any atom is -0.382 e. The second-order valence-electron chi connectivity index (χ2n) is 6.28. The first-order valence-electron chi connectivity index (χ1n) is 6.16. The maximum atomic E-state index is 11.0. The molecule has 94 valence electrons. The van der Waals surface area contributed by atoms with Crippen LogP contribution in [-0.4, -0.2) is 16.3 Å². The molecule has 1 heterocycles. The molecule has 2 nitrogen and oxygen atoms in total. The normalized spacial score (nSPS) is 30.5. The summed E-state index contributed by atoms with van der Waals surface area (Å²) in [7, 11) is 0. The highest BCUT2D eigenvalue weighted by atomic mass is 16.5. The van der Waals surface area contributed by atoms with E-state index in [-0.39, 0.29) is 5.60 Å². The van der Waals surface area contributed by atoms with E-state index in [9.17, 15) is 5.11 Å². The zero-order chi connectivity index (χ0) is 12.9. The summed E-state index contributed by atoms with van der Waals surface area (Å²) in [5, 5.41) is 11.0. The Morgan fingerprint density at radius 2 is 1.59 bits per heavy atom. The minimum atomic E-state index is -0.913. The van der Waals surface area contributed by atoms with E-state index in [1.165, 1.54) is 5.56 Å². The molecule has 0 radical (unpaired) electrons. The Kier molecular flexibility index (Phi) is 2.64. The van der Waals surface area contributed by atoms with Gasteiger partial charge in [-0.2, -0.15) is 0 Å². The van der Waals surface area contributed by atoms with Crippen LogP contribution in [0.1, 0.15) is 45.2 Å². The first-order chi connectivity index (χ1) is 7.66. The molecular weight excluding hydrogens is 212 g/mol. The molecule has 1 aliphatic heterocycles. The molecule has 2 rings (SSSR count). The molecule has 1 aliphatic rings. The first kappa shape index (κ1) is 12.6. The van der Waals surface area contributed by atoms with Gasteiger partial charge in [0.2, 0.25) is 0 Å². The molecule has 1 saturated heterocycles. The quantitative estimate of drug-likeness (QED) is 0.808. The van der Waals surface area contributed by atoms with Crippen molar-refractivity contribution in [2.45, 2.75) is 57.8 Å². The third-order valence-corrected chi connectivity index (χ3v) is 3.74. The van der Waals surface area contributed by atoms with Gasteiger partial charge in [-0.1, -0.05) is 29.8 Å². The summed E-state index contributed by atoms with van der Waals surface area (Å²) in [6.07, 6.45) is 0.621. The lowest BCUT2D eigenvalue weighted by Crippen LogP contribution is -2.43. The Balaban J connectivity index is 2.45. The van der Waals surface area contributed by atoms with Gasteiger partial charge in [0.1, 0.15) is 5.60 Å². The van der Waals surface area contributed by atoms with Crippen molar-refractivity contribution >= 4 is 0 Å². The standard InChI is InChI=1S/C15H22O2/c1-11-6-8-12(9-7-11)15(16)10-13(2,3)17-14(15,4)5/h6-9,16H,10H2,1-5H3. The van der Waals surface area contributed by atoms with Gasteiger partial charge in [0.15, 0.2) is 0 Å². The first-order valence-corrected chi connectivity index (χ1v) is 6.16. The van der Waals surface area contributed by atoms with Gasteiger partial charge in [0.25, 0.3) is 0 Å². The molecule has 1 aromatic rings. The smallest absolute Gasteiger partial charge is 0.121 e. The Morgan fingerprint density at radius 3 is 2.00 bits per heavy atom. The predicted octanol–water partition coefficient (Wildman–Crippen LogP) is 3.16. The van der Waals surface area contributed by atoms with Crippen LogP contribution in [0.4, 0.5) is 0 Å². The van der Waals surface area contributed by atoms with Gasteiger partial charge in [-0.3, -0.25) is 0 Å². The van der Waals surface area contributed by atoms with Crippen molar-refractivity contribution in [2.24, 2.45) is 0 Å². The van der Waals surface area contributed by atoms with E-state index in [2.05, 4.69) is 0 Å². The molecule has 1 N–H and O–H groups in total. The fraction of sp³-hybridized carbons (Fsp3) is 0.600. The summed E-state index contributed by atoms with van der Waals surface area (Å²) in [5.41, 5.74) is 0.381. The third kappa shape index (κ3) is 2.00. The zero-order valence-corrected chi connectivity index (χ0v) is 11.4. The summed E-state index contributed by atoms with van der Waals surface area (Å²) in [5.74, 6) is 0. The van der Waals surface area contributed by atoms with E-state index in [0.29, 0.717) is 6.42 Å². The van der Waals surface area contributed by atoms with E-state index in [0.717, 1.165) is 5.56 Å². The maximum absolute atomic E-state index is 11.0. The van der Waals surface area contributed by atoms with E-state index in [1.54, 1.807) is 0 Å². The molecule has 0 aliphatic carbocycles. The molecule has 0 bridgehead atoms.